The van der Waals surface area contributed by atoms with Crippen molar-refractivity contribution in [1.82, 2.24) is 20.4 Å². The van der Waals surface area contributed by atoms with E-state index in [1.165, 1.54) is 12.1 Å². The third kappa shape index (κ3) is 3.50. The van der Waals surface area contributed by atoms with Crippen molar-refractivity contribution in [2.24, 2.45) is 0 Å². The van der Waals surface area contributed by atoms with E-state index in [2.05, 4.69) is 15.7 Å². The van der Waals surface area contributed by atoms with Crippen LogP contribution >= 0.6 is 12.2 Å². The molecule has 1 aliphatic rings. The van der Waals surface area contributed by atoms with Crippen LogP contribution in [0.15, 0.2) is 60.4 Å². The largest absolute Gasteiger partial charge is 0.328 e. The Morgan fingerprint density at radius 1 is 1.07 bits per heavy atom. The second-order valence-electron chi connectivity index (χ2n) is 6.19. The molecule has 134 valence electrons. The molecule has 27 heavy (non-hydrogen) atoms. The third-order valence-electron chi connectivity index (χ3n) is 4.18. The highest BCUT2D eigenvalue weighted by molar-refractivity contribution is 7.80. The Kier molecular flexibility index (Phi) is 4.29. The number of aromatic nitrogens is 2. The number of hydrogen-bond donors (Lipinski definition) is 2. The highest BCUT2D eigenvalue weighted by Crippen LogP contribution is 2.26. The van der Waals surface area contributed by atoms with Gasteiger partial charge in [-0.25, -0.2) is 9.07 Å². The van der Waals surface area contributed by atoms with Gasteiger partial charge in [-0.1, -0.05) is 29.8 Å². The van der Waals surface area contributed by atoms with Gasteiger partial charge in [0.1, 0.15) is 17.2 Å². The lowest BCUT2D eigenvalue weighted by atomic mass is 10.1. The number of benzene rings is 2. The lowest BCUT2D eigenvalue weighted by Gasteiger charge is -2.01. The Morgan fingerprint density at radius 2 is 1.78 bits per heavy atom. The van der Waals surface area contributed by atoms with E-state index >= 15 is 0 Å². The van der Waals surface area contributed by atoms with Crippen LogP contribution in [-0.4, -0.2) is 20.8 Å². The highest BCUT2D eigenvalue weighted by atomic mass is 32.1. The van der Waals surface area contributed by atoms with Gasteiger partial charge in [0, 0.05) is 17.3 Å². The minimum Gasteiger partial charge on any atom is -0.328 e. The number of carbonyl (C=O) groups is 1. The van der Waals surface area contributed by atoms with E-state index in [-0.39, 0.29) is 16.8 Å². The first-order valence-corrected chi connectivity index (χ1v) is 8.67. The Bertz CT molecular complexity index is 1070. The molecule has 0 aliphatic carbocycles. The minimum absolute atomic E-state index is 0.272. The number of thiocarbonyl (C=S) groups is 1. The average Bonchev–Trinajstić information content (AvgIpc) is 3.20. The smallest absolute Gasteiger partial charge is 0.273 e. The molecular formula is C20H15FN4OS. The molecule has 1 fully saturated rings. The predicted octanol–water partition coefficient (Wildman–Crippen LogP) is 3.33. The average molecular weight is 378 g/mol. The fraction of sp³-hybridized carbons (Fsp3) is 0.0500. The summed E-state index contributed by atoms with van der Waals surface area (Å²) in [6, 6.07) is 14.0. The number of aryl methyl sites for hydroxylation is 1. The minimum atomic E-state index is -0.313. The highest BCUT2D eigenvalue weighted by Gasteiger charge is 2.21. The molecule has 0 radical (unpaired) electrons. The summed E-state index contributed by atoms with van der Waals surface area (Å²) >= 11 is 4.98. The Labute approximate surface area is 160 Å². The first-order valence-electron chi connectivity index (χ1n) is 8.26. The van der Waals surface area contributed by atoms with Crippen LogP contribution in [0, 0.1) is 12.7 Å². The van der Waals surface area contributed by atoms with Crippen LogP contribution in [0.4, 0.5) is 4.39 Å². The molecule has 7 heteroatoms. The van der Waals surface area contributed by atoms with Crippen molar-refractivity contribution in [3.63, 3.8) is 0 Å². The summed E-state index contributed by atoms with van der Waals surface area (Å²) in [5.41, 5.74) is 4.57. The summed E-state index contributed by atoms with van der Waals surface area (Å²) < 4.78 is 14.9. The van der Waals surface area contributed by atoms with Crippen LogP contribution in [0.25, 0.3) is 23.0 Å². The predicted molar refractivity (Wildman–Crippen MR) is 106 cm³/mol. The Hall–Kier alpha value is -3.32. The van der Waals surface area contributed by atoms with Gasteiger partial charge in [0.15, 0.2) is 5.11 Å². The first-order chi connectivity index (χ1) is 13.0. The lowest BCUT2D eigenvalue weighted by molar-refractivity contribution is -0.115. The second kappa shape index (κ2) is 6.77. The standard InChI is InChI=1S/C20H15FN4OS/c1-12-2-4-13(5-3-12)18-14(10-17-19(26)23-20(27)22-17)11-25(24-18)16-8-6-15(21)7-9-16/h2-11H,1H3,(H2,22,23,26,27)/b17-10-. The van der Waals surface area contributed by atoms with Crippen LogP contribution < -0.4 is 10.6 Å². The number of nitrogens with one attached hydrogen (secondary N) is 2. The van der Waals surface area contributed by atoms with Crippen molar-refractivity contribution in [2.75, 3.05) is 0 Å². The van der Waals surface area contributed by atoms with E-state index < -0.39 is 0 Å². The summed E-state index contributed by atoms with van der Waals surface area (Å²) in [6.07, 6.45) is 3.50. The molecule has 1 aliphatic heterocycles. The maximum absolute atomic E-state index is 13.2. The van der Waals surface area contributed by atoms with Crippen LogP contribution in [0.2, 0.25) is 0 Å². The van der Waals surface area contributed by atoms with Crippen molar-refractivity contribution < 1.29 is 9.18 Å². The van der Waals surface area contributed by atoms with Crippen LogP contribution in [0.3, 0.4) is 0 Å². The normalized spacial score (nSPS) is 15.1. The zero-order valence-electron chi connectivity index (χ0n) is 14.4. The van der Waals surface area contributed by atoms with E-state index in [0.717, 1.165) is 16.7 Å². The fourth-order valence-electron chi connectivity index (χ4n) is 2.79. The molecule has 0 spiro atoms. The van der Waals surface area contributed by atoms with Crippen LogP contribution in [0.5, 0.6) is 0 Å². The van der Waals surface area contributed by atoms with Gasteiger partial charge in [-0.2, -0.15) is 5.10 Å². The zero-order chi connectivity index (χ0) is 19.0. The van der Waals surface area contributed by atoms with Crippen molar-refractivity contribution in [1.29, 1.82) is 0 Å². The van der Waals surface area contributed by atoms with E-state index in [0.29, 0.717) is 17.1 Å². The summed E-state index contributed by atoms with van der Waals surface area (Å²) in [6.45, 7) is 2.01. The molecule has 5 nitrogen and oxygen atoms in total. The molecule has 0 unspecified atom stereocenters. The van der Waals surface area contributed by atoms with Crippen molar-refractivity contribution in [2.45, 2.75) is 6.92 Å². The summed E-state index contributed by atoms with van der Waals surface area (Å²) in [4.78, 5) is 12.0. The number of rotatable bonds is 3. The topological polar surface area (TPSA) is 59.0 Å². The van der Waals surface area contributed by atoms with Crippen LogP contribution in [-0.2, 0) is 4.79 Å². The maximum Gasteiger partial charge on any atom is 0.273 e. The van der Waals surface area contributed by atoms with Gasteiger partial charge in [0.05, 0.1) is 5.69 Å². The van der Waals surface area contributed by atoms with Gasteiger partial charge >= 0.3 is 0 Å². The summed E-state index contributed by atoms with van der Waals surface area (Å²) in [5, 5.41) is 10.3. The van der Waals surface area contributed by atoms with E-state index in [9.17, 15) is 9.18 Å². The zero-order valence-corrected chi connectivity index (χ0v) is 15.2. The molecule has 0 bridgehead atoms. The van der Waals surface area contributed by atoms with E-state index in [1.807, 2.05) is 31.2 Å². The summed E-state index contributed by atoms with van der Waals surface area (Å²) in [7, 11) is 0. The van der Waals surface area contributed by atoms with Gasteiger partial charge in [0.2, 0.25) is 0 Å². The number of amides is 1. The fourth-order valence-corrected chi connectivity index (χ4v) is 3.00. The van der Waals surface area contributed by atoms with Gasteiger partial charge in [-0.3, -0.25) is 10.1 Å². The quantitative estimate of drug-likeness (QED) is 0.542. The molecule has 1 aromatic heterocycles. The maximum atomic E-state index is 13.2. The van der Waals surface area contributed by atoms with Gasteiger partial charge in [0.25, 0.3) is 5.91 Å². The van der Waals surface area contributed by atoms with E-state index in [1.54, 1.807) is 29.1 Å². The monoisotopic (exact) mass is 378 g/mol. The molecule has 2 N–H and O–H groups in total. The molecule has 2 aromatic carbocycles. The summed E-state index contributed by atoms with van der Waals surface area (Å²) in [5.74, 6) is -0.600. The number of halogens is 1. The molecular weight excluding hydrogens is 363 g/mol. The molecule has 1 saturated heterocycles. The van der Waals surface area contributed by atoms with Crippen molar-refractivity contribution in [3.8, 4) is 16.9 Å². The Morgan fingerprint density at radius 3 is 2.41 bits per heavy atom. The van der Waals surface area contributed by atoms with E-state index in [4.69, 9.17) is 12.2 Å². The third-order valence-corrected chi connectivity index (χ3v) is 4.38. The molecule has 4 rings (SSSR count). The number of carbonyl (C=O) groups excluding carboxylic acids is 1. The SMILES string of the molecule is Cc1ccc(-c2nn(-c3ccc(F)cc3)cc2/C=C2\NC(=S)NC2=O)cc1. The lowest BCUT2D eigenvalue weighted by Crippen LogP contribution is -2.21. The van der Waals surface area contributed by atoms with Gasteiger partial charge in [-0.05, 0) is 49.5 Å². The number of nitrogens with zero attached hydrogens (tertiary/aromatic N) is 2. The van der Waals surface area contributed by atoms with Crippen molar-refractivity contribution >= 4 is 29.3 Å². The molecule has 3 aromatic rings. The van der Waals surface area contributed by atoms with Crippen LogP contribution in [0.1, 0.15) is 11.1 Å². The van der Waals surface area contributed by atoms with Crippen molar-refractivity contribution in [3.05, 3.63) is 77.4 Å². The molecule has 2 heterocycles. The number of hydrogen-bond acceptors (Lipinski definition) is 3. The first kappa shape index (κ1) is 17.1. The Balaban J connectivity index is 1.83. The molecule has 1 amide bonds. The molecule has 0 atom stereocenters. The van der Waals surface area contributed by atoms with Gasteiger partial charge in [-0.15, -0.1) is 0 Å². The van der Waals surface area contributed by atoms with Gasteiger partial charge < -0.3 is 5.32 Å². The second-order valence-corrected chi connectivity index (χ2v) is 6.59. The molecule has 0 saturated carbocycles.